The van der Waals surface area contributed by atoms with Gasteiger partial charge >= 0.3 is 6.03 Å². The summed E-state index contributed by atoms with van der Waals surface area (Å²) in [5.41, 5.74) is -0.965. The highest BCUT2D eigenvalue weighted by molar-refractivity contribution is 5.89. The molecule has 124 valence electrons. The smallest absolute Gasteiger partial charge is 0.319 e. The van der Waals surface area contributed by atoms with E-state index in [-0.39, 0.29) is 12.2 Å². The average molecular weight is 312 g/mol. The molecule has 0 saturated heterocycles. The third-order valence-electron chi connectivity index (χ3n) is 3.31. The molecule has 0 saturated carbocycles. The van der Waals surface area contributed by atoms with E-state index in [1.54, 1.807) is 6.92 Å². The molecule has 1 unspecified atom stereocenters. The highest BCUT2D eigenvalue weighted by Gasteiger charge is 2.21. The second-order valence-electron chi connectivity index (χ2n) is 6.08. The van der Waals surface area contributed by atoms with Gasteiger partial charge in [0, 0.05) is 12.6 Å². The maximum atomic E-state index is 13.6. The standard InChI is InChI=1S/C16H25FN2O3/c1-11(2)7-8-16(3,21)10-18-15(20)19-14-9-12(22-4)5-6-13(14)17/h5-6,9,11,21H,7-8,10H2,1-4H3,(H2,18,19,20). The van der Waals surface area contributed by atoms with Crippen LogP contribution in [0.3, 0.4) is 0 Å². The molecule has 1 aromatic carbocycles. The molecule has 0 aromatic heterocycles. The van der Waals surface area contributed by atoms with Gasteiger partial charge in [-0.15, -0.1) is 0 Å². The van der Waals surface area contributed by atoms with Crippen LogP contribution in [0.2, 0.25) is 0 Å². The lowest BCUT2D eigenvalue weighted by Crippen LogP contribution is -2.42. The fourth-order valence-electron chi connectivity index (χ4n) is 1.85. The minimum Gasteiger partial charge on any atom is -0.497 e. The molecule has 0 aliphatic rings. The molecule has 0 radical (unpaired) electrons. The Morgan fingerprint density at radius 2 is 2.14 bits per heavy atom. The molecule has 0 aliphatic carbocycles. The Bertz CT molecular complexity index is 504. The van der Waals surface area contributed by atoms with Crippen molar-refractivity contribution in [2.75, 3.05) is 19.0 Å². The number of anilines is 1. The van der Waals surface area contributed by atoms with Gasteiger partial charge in [0.15, 0.2) is 0 Å². The van der Waals surface area contributed by atoms with Crippen LogP contribution in [-0.4, -0.2) is 30.4 Å². The van der Waals surface area contributed by atoms with Crippen molar-refractivity contribution in [3.8, 4) is 5.75 Å². The van der Waals surface area contributed by atoms with Crippen molar-refractivity contribution in [3.63, 3.8) is 0 Å². The van der Waals surface area contributed by atoms with E-state index in [1.165, 1.54) is 25.3 Å². The van der Waals surface area contributed by atoms with E-state index in [0.29, 0.717) is 18.1 Å². The number of rotatable bonds is 7. The summed E-state index contributed by atoms with van der Waals surface area (Å²) >= 11 is 0. The van der Waals surface area contributed by atoms with Gasteiger partial charge in [-0.25, -0.2) is 9.18 Å². The fourth-order valence-corrected chi connectivity index (χ4v) is 1.85. The number of aliphatic hydroxyl groups is 1. The van der Waals surface area contributed by atoms with Gasteiger partial charge in [0.25, 0.3) is 0 Å². The molecule has 2 amide bonds. The first-order valence-corrected chi connectivity index (χ1v) is 7.34. The van der Waals surface area contributed by atoms with Gasteiger partial charge in [-0.05, 0) is 37.8 Å². The quantitative estimate of drug-likeness (QED) is 0.724. The molecule has 1 aromatic rings. The molecule has 5 nitrogen and oxygen atoms in total. The first-order valence-electron chi connectivity index (χ1n) is 7.34. The van der Waals surface area contributed by atoms with E-state index in [9.17, 15) is 14.3 Å². The molecule has 22 heavy (non-hydrogen) atoms. The zero-order valence-electron chi connectivity index (χ0n) is 13.6. The van der Waals surface area contributed by atoms with Crippen molar-refractivity contribution in [3.05, 3.63) is 24.0 Å². The van der Waals surface area contributed by atoms with Gasteiger partial charge in [0.1, 0.15) is 11.6 Å². The number of amides is 2. The first kappa shape index (κ1) is 18.2. The minimum absolute atomic E-state index is 0.0265. The number of hydrogen-bond acceptors (Lipinski definition) is 3. The summed E-state index contributed by atoms with van der Waals surface area (Å²) in [4.78, 5) is 11.8. The van der Waals surface area contributed by atoms with Crippen LogP contribution in [0.1, 0.15) is 33.6 Å². The zero-order valence-corrected chi connectivity index (χ0v) is 13.6. The number of nitrogens with one attached hydrogen (secondary N) is 2. The van der Waals surface area contributed by atoms with Gasteiger partial charge in [-0.3, -0.25) is 0 Å². The normalized spacial score (nSPS) is 13.6. The Labute approximate surface area is 130 Å². The summed E-state index contributed by atoms with van der Waals surface area (Å²) in [6, 6.07) is 3.51. The van der Waals surface area contributed by atoms with Crippen LogP contribution in [0.15, 0.2) is 18.2 Å². The van der Waals surface area contributed by atoms with Crippen molar-refractivity contribution in [2.45, 2.75) is 39.2 Å². The summed E-state index contributed by atoms with van der Waals surface area (Å²) in [6.45, 7) is 5.91. The highest BCUT2D eigenvalue weighted by atomic mass is 19.1. The largest absolute Gasteiger partial charge is 0.497 e. The van der Waals surface area contributed by atoms with Gasteiger partial charge in [0.2, 0.25) is 0 Å². The lowest BCUT2D eigenvalue weighted by molar-refractivity contribution is 0.0481. The zero-order chi connectivity index (χ0) is 16.8. The SMILES string of the molecule is COc1ccc(F)c(NC(=O)NCC(C)(O)CCC(C)C)c1. The topological polar surface area (TPSA) is 70.6 Å². The third-order valence-corrected chi connectivity index (χ3v) is 3.31. The van der Waals surface area contributed by atoms with E-state index in [1.807, 2.05) is 0 Å². The molecule has 1 rings (SSSR count). The van der Waals surface area contributed by atoms with Crippen LogP contribution < -0.4 is 15.4 Å². The Morgan fingerprint density at radius 1 is 1.45 bits per heavy atom. The molecule has 0 fully saturated rings. The fraction of sp³-hybridized carbons (Fsp3) is 0.562. The Kier molecular flexibility index (Phi) is 6.61. The second-order valence-corrected chi connectivity index (χ2v) is 6.08. The molecule has 3 N–H and O–H groups in total. The molecule has 0 bridgehead atoms. The van der Waals surface area contributed by atoms with E-state index in [4.69, 9.17) is 4.74 Å². The highest BCUT2D eigenvalue weighted by Crippen LogP contribution is 2.21. The van der Waals surface area contributed by atoms with E-state index < -0.39 is 17.4 Å². The number of carbonyl (C=O) groups is 1. The van der Waals surface area contributed by atoms with Crippen molar-refractivity contribution in [1.29, 1.82) is 0 Å². The van der Waals surface area contributed by atoms with Crippen molar-refractivity contribution in [2.24, 2.45) is 5.92 Å². The maximum Gasteiger partial charge on any atom is 0.319 e. The predicted molar refractivity (Wildman–Crippen MR) is 84.7 cm³/mol. The number of benzene rings is 1. The molecule has 1 atom stereocenters. The number of methoxy groups -OCH3 is 1. The minimum atomic E-state index is -0.992. The number of carbonyl (C=O) groups excluding carboxylic acids is 1. The molecule has 0 heterocycles. The van der Waals surface area contributed by atoms with Crippen LogP contribution in [0.4, 0.5) is 14.9 Å². The van der Waals surface area contributed by atoms with Crippen molar-refractivity contribution in [1.82, 2.24) is 5.32 Å². The number of halogens is 1. The van der Waals surface area contributed by atoms with Crippen molar-refractivity contribution >= 4 is 11.7 Å². The number of hydrogen-bond donors (Lipinski definition) is 3. The lowest BCUT2D eigenvalue weighted by atomic mass is 9.95. The van der Waals surface area contributed by atoms with Crippen molar-refractivity contribution < 1.29 is 19.0 Å². The van der Waals surface area contributed by atoms with Crippen LogP contribution in [0.25, 0.3) is 0 Å². The molecule has 6 heteroatoms. The monoisotopic (exact) mass is 312 g/mol. The molecular weight excluding hydrogens is 287 g/mol. The van der Waals surface area contributed by atoms with Gasteiger partial charge < -0.3 is 20.5 Å². The van der Waals surface area contributed by atoms with Gasteiger partial charge in [0.05, 0.1) is 18.4 Å². The second kappa shape index (κ2) is 7.98. The molecule has 0 aliphatic heterocycles. The van der Waals surface area contributed by atoms with E-state index in [0.717, 1.165) is 6.42 Å². The van der Waals surface area contributed by atoms with Gasteiger partial charge in [-0.1, -0.05) is 13.8 Å². The Morgan fingerprint density at radius 3 is 2.73 bits per heavy atom. The number of urea groups is 1. The van der Waals surface area contributed by atoms with E-state index in [2.05, 4.69) is 24.5 Å². The number of ether oxygens (including phenoxy) is 1. The Hall–Kier alpha value is -1.82. The predicted octanol–water partition coefficient (Wildman–Crippen LogP) is 3.14. The maximum absolute atomic E-state index is 13.6. The van der Waals surface area contributed by atoms with E-state index >= 15 is 0 Å². The summed E-state index contributed by atoms with van der Waals surface area (Å²) < 4.78 is 18.6. The summed E-state index contributed by atoms with van der Waals surface area (Å²) in [5.74, 6) is 0.370. The lowest BCUT2D eigenvalue weighted by Gasteiger charge is -2.24. The van der Waals surface area contributed by atoms with Crippen LogP contribution in [0, 0.1) is 11.7 Å². The Balaban J connectivity index is 2.53. The molecular formula is C16H25FN2O3. The third kappa shape index (κ3) is 6.30. The van der Waals surface area contributed by atoms with Gasteiger partial charge in [-0.2, -0.15) is 0 Å². The van der Waals surface area contributed by atoms with Crippen LogP contribution in [-0.2, 0) is 0 Å². The summed E-state index contributed by atoms with van der Waals surface area (Å²) in [7, 11) is 1.46. The molecule has 0 spiro atoms. The van der Waals surface area contributed by atoms with Crippen LogP contribution >= 0.6 is 0 Å². The summed E-state index contributed by atoms with van der Waals surface area (Å²) in [6.07, 6.45) is 1.44. The van der Waals surface area contributed by atoms with Crippen LogP contribution in [0.5, 0.6) is 5.75 Å². The average Bonchev–Trinajstić information content (AvgIpc) is 2.46. The summed E-state index contributed by atoms with van der Waals surface area (Å²) in [5, 5.41) is 15.1. The first-order chi connectivity index (χ1) is 10.2.